The van der Waals surface area contributed by atoms with Crippen LogP contribution in [0.1, 0.15) is 44.7 Å². The third-order valence-electron chi connectivity index (χ3n) is 4.72. The molecule has 0 spiro atoms. The van der Waals surface area contributed by atoms with Gasteiger partial charge in [0.25, 0.3) is 0 Å². The number of alkyl halides is 3. The van der Waals surface area contributed by atoms with Crippen molar-refractivity contribution < 1.29 is 18.3 Å². The predicted octanol–water partition coefficient (Wildman–Crippen LogP) is 4.58. The normalized spacial score (nSPS) is 28.1. The quantitative estimate of drug-likeness (QED) is 0.605. The van der Waals surface area contributed by atoms with Crippen molar-refractivity contribution in [1.29, 1.82) is 0 Å². The molecular weight excluding hydrogens is 341 g/mol. The summed E-state index contributed by atoms with van der Waals surface area (Å²) < 4.78 is 38.3. The number of allylic oxidation sites excluding steroid dienone is 2. The Morgan fingerprint density at radius 3 is 2.42 bits per heavy atom. The van der Waals surface area contributed by atoms with E-state index in [0.717, 1.165) is 23.3 Å². The summed E-state index contributed by atoms with van der Waals surface area (Å²) in [4.78, 5) is 3.73. The minimum Gasteiger partial charge on any atom is -0.385 e. The number of benzene rings is 1. The molecule has 0 radical (unpaired) electrons. The summed E-state index contributed by atoms with van der Waals surface area (Å²) in [7, 11) is 0. The van der Waals surface area contributed by atoms with Crippen LogP contribution in [0.4, 0.5) is 13.2 Å². The number of piperidine rings is 1. The Morgan fingerprint density at radius 2 is 1.88 bits per heavy atom. The van der Waals surface area contributed by atoms with E-state index in [1.807, 2.05) is 26.8 Å². The van der Waals surface area contributed by atoms with Gasteiger partial charge < -0.3 is 10.4 Å². The number of aliphatic imine (C=N–C) groups is 1. The number of rotatable bonds is 4. The van der Waals surface area contributed by atoms with Crippen LogP contribution in [0, 0.1) is 0 Å². The van der Waals surface area contributed by atoms with E-state index in [4.69, 9.17) is 0 Å². The fourth-order valence-electron chi connectivity index (χ4n) is 3.53. The molecule has 1 aliphatic rings. The molecule has 1 aromatic carbocycles. The van der Waals surface area contributed by atoms with Crippen LogP contribution in [0.2, 0.25) is 0 Å². The zero-order valence-corrected chi connectivity index (χ0v) is 15.3. The smallest absolute Gasteiger partial charge is 0.385 e. The van der Waals surface area contributed by atoms with Gasteiger partial charge in [-0.15, -0.1) is 0 Å². The van der Waals surface area contributed by atoms with Crippen molar-refractivity contribution in [2.24, 2.45) is 4.99 Å². The summed E-state index contributed by atoms with van der Waals surface area (Å²) in [6, 6.07) is 4.75. The molecule has 0 bridgehead atoms. The van der Waals surface area contributed by atoms with Crippen LogP contribution in [-0.2, 0) is 11.8 Å². The van der Waals surface area contributed by atoms with Gasteiger partial charge in [0.1, 0.15) is 0 Å². The molecule has 0 aromatic heterocycles. The maximum Gasteiger partial charge on any atom is 0.416 e. The molecule has 2 rings (SSSR count). The molecule has 1 fully saturated rings. The highest BCUT2D eigenvalue weighted by atomic mass is 19.4. The third-order valence-corrected chi connectivity index (χ3v) is 4.72. The van der Waals surface area contributed by atoms with Gasteiger partial charge in [-0.3, -0.25) is 4.99 Å². The first-order chi connectivity index (χ1) is 12.0. The standard InChI is InChI=1S/C20H25F3N2O/c1-13(12-24-4)9-14(2)18-11-19(26,10-15(3)25-18)16-5-7-17(8-6-16)20(21,22)23/h5-9,12,15,18,25-26H,4,10-11H2,1-3H3/b13-12-,14-9+/t15-,18-,19?/m0/s1. The molecule has 142 valence electrons. The maximum atomic E-state index is 12.8. The minimum atomic E-state index is -4.38. The van der Waals surface area contributed by atoms with E-state index < -0.39 is 17.3 Å². The molecular formula is C20H25F3N2O. The second kappa shape index (κ2) is 7.76. The van der Waals surface area contributed by atoms with Gasteiger partial charge in [-0.25, -0.2) is 0 Å². The van der Waals surface area contributed by atoms with Gasteiger partial charge in [0, 0.05) is 18.3 Å². The van der Waals surface area contributed by atoms with Crippen LogP contribution < -0.4 is 5.32 Å². The number of halogens is 3. The van der Waals surface area contributed by atoms with Crippen LogP contribution in [0.5, 0.6) is 0 Å². The maximum absolute atomic E-state index is 12.8. The van der Waals surface area contributed by atoms with E-state index in [1.165, 1.54) is 12.1 Å². The lowest BCUT2D eigenvalue weighted by molar-refractivity contribution is -0.137. The Labute approximate surface area is 152 Å². The molecule has 3 atom stereocenters. The van der Waals surface area contributed by atoms with Gasteiger partial charge in [0.2, 0.25) is 0 Å². The summed E-state index contributed by atoms with van der Waals surface area (Å²) in [5.74, 6) is 0. The van der Waals surface area contributed by atoms with Gasteiger partial charge in [-0.2, -0.15) is 13.2 Å². The highest BCUT2D eigenvalue weighted by Gasteiger charge is 2.40. The van der Waals surface area contributed by atoms with Gasteiger partial charge in [0.15, 0.2) is 0 Å². The van der Waals surface area contributed by atoms with E-state index >= 15 is 0 Å². The van der Waals surface area contributed by atoms with E-state index in [2.05, 4.69) is 17.0 Å². The average molecular weight is 366 g/mol. The van der Waals surface area contributed by atoms with Crippen molar-refractivity contribution in [3.05, 3.63) is 58.8 Å². The van der Waals surface area contributed by atoms with Crippen LogP contribution in [0.3, 0.4) is 0 Å². The molecule has 0 saturated carbocycles. The lowest BCUT2D eigenvalue weighted by Gasteiger charge is -2.42. The SMILES string of the molecule is C=N/C=C(C)\C=C(/C)[C@@H]1CC(O)(c2ccc(C(F)(F)F)cc2)C[C@H](C)N1. The monoisotopic (exact) mass is 366 g/mol. The highest BCUT2D eigenvalue weighted by Crippen LogP contribution is 2.38. The van der Waals surface area contributed by atoms with E-state index in [-0.39, 0.29) is 12.1 Å². The number of hydrogen-bond donors (Lipinski definition) is 2. The molecule has 0 aliphatic carbocycles. The van der Waals surface area contributed by atoms with Crippen molar-refractivity contribution >= 4 is 6.72 Å². The third kappa shape index (κ3) is 4.83. The zero-order chi connectivity index (χ0) is 19.5. The Morgan fingerprint density at radius 1 is 1.27 bits per heavy atom. The lowest BCUT2D eigenvalue weighted by atomic mass is 9.77. The van der Waals surface area contributed by atoms with Crippen molar-refractivity contribution in [1.82, 2.24) is 5.32 Å². The molecule has 0 amide bonds. The van der Waals surface area contributed by atoms with E-state index in [0.29, 0.717) is 18.4 Å². The minimum absolute atomic E-state index is 0.0196. The second-order valence-corrected chi connectivity index (χ2v) is 7.08. The number of nitrogens with zero attached hydrogens (tertiary/aromatic N) is 1. The van der Waals surface area contributed by atoms with Crippen LogP contribution >= 0.6 is 0 Å². The molecule has 1 heterocycles. The first-order valence-corrected chi connectivity index (χ1v) is 8.52. The Bertz CT molecular complexity index is 707. The van der Waals surface area contributed by atoms with Crippen molar-refractivity contribution in [2.45, 2.75) is 57.5 Å². The van der Waals surface area contributed by atoms with E-state index in [1.54, 1.807) is 6.20 Å². The summed E-state index contributed by atoms with van der Waals surface area (Å²) in [6.07, 6.45) is 0.0634. The van der Waals surface area contributed by atoms with Crippen molar-refractivity contribution in [3.8, 4) is 0 Å². The first-order valence-electron chi connectivity index (χ1n) is 8.52. The van der Waals surface area contributed by atoms with Crippen molar-refractivity contribution in [2.75, 3.05) is 0 Å². The molecule has 1 saturated heterocycles. The fourth-order valence-corrected chi connectivity index (χ4v) is 3.53. The average Bonchev–Trinajstić information content (AvgIpc) is 2.53. The molecule has 26 heavy (non-hydrogen) atoms. The topological polar surface area (TPSA) is 44.6 Å². The van der Waals surface area contributed by atoms with Gasteiger partial charge in [0.05, 0.1) is 11.2 Å². The summed E-state index contributed by atoms with van der Waals surface area (Å²) in [6.45, 7) is 9.26. The Balaban J connectivity index is 2.28. The lowest BCUT2D eigenvalue weighted by Crippen LogP contribution is -2.51. The second-order valence-electron chi connectivity index (χ2n) is 7.08. The number of aliphatic hydroxyl groups is 1. The molecule has 2 N–H and O–H groups in total. The zero-order valence-electron chi connectivity index (χ0n) is 15.3. The molecule has 6 heteroatoms. The number of hydrogen-bond acceptors (Lipinski definition) is 3. The molecule has 1 aliphatic heterocycles. The molecule has 1 unspecified atom stereocenters. The highest BCUT2D eigenvalue weighted by molar-refractivity contribution is 5.33. The summed E-state index contributed by atoms with van der Waals surface area (Å²) in [5.41, 5.74) is 0.590. The summed E-state index contributed by atoms with van der Waals surface area (Å²) >= 11 is 0. The van der Waals surface area contributed by atoms with Crippen LogP contribution in [-0.4, -0.2) is 23.9 Å². The van der Waals surface area contributed by atoms with E-state index in [9.17, 15) is 18.3 Å². The van der Waals surface area contributed by atoms with Crippen LogP contribution in [0.15, 0.2) is 52.7 Å². The van der Waals surface area contributed by atoms with Gasteiger partial charge in [-0.05, 0) is 63.6 Å². The number of nitrogens with one attached hydrogen (secondary N) is 1. The largest absolute Gasteiger partial charge is 0.416 e. The van der Waals surface area contributed by atoms with Crippen LogP contribution in [0.25, 0.3) is 0 Å². The van der Waals surface area contributed by atoms with Gasteiger partial charge in [-0.1, -0.05) is 23.8 Å². The molecule has 1 aromatic rings. The van der Waals surface area contributed by atoms with Crippen molar-refractivity contribution in [3.63, 3.8) is 0 Å². The summed E-state index contributed by atoms with van der Waals surface area (Å²) in [5, 5.41) is 14.6. The Kier molecular flexibility index (Phi) is 6.09. The van der Waals surface area contributed by atoms with Gasteiger partial charge >= 0.3 is 6.18 Å². The molecule has 3 nitrogen and oxygen atoms in total. The predicted molar refractivity (Wildman–Crippen MR) is 98.0 cm³/mol. The first kappa shape index (κ1) is 20.4. The fraction of sp³-hybridized carbons (Fsp3) is 0.450. The Hall–Kier alpha value is -1.92.